The van der Waals surface area contributed by atoms with Crippen LogP contribution < -0.4 is 27.2 Å². The molecule has 93 heavy (non-hydrogen) atoms. The second kappa shape index (κ2) is 32.2. The molecule has 5 heterocycles. The molecule has 3 saturated heterocycles. The summed E-state index contributed by atoms with van der Waals surface area (Å²) in [6.07, 6.45) is -29.6. The van der Waals surface area contributed by atoms with E-state index in [4.69, 9.17) is 51.5 Å². The third-order valence-electron chi connectivity index (χ3n) is 17.9. The first-order chi connectivity index (χ1) is 44.5. The predicted molar refractivity (Wildman–Crippen MR) is 319 cm³/mol. The molecule has 0 bridgehead atoms. The summed E-state index contributed by atoms with van der Waals surface area (Å²) in [6, 6.07) is 15.2. The van der Waals surface area contributed by atoms with E-state index in [0.29, 0.717) is 34.8 Å². The van der Waals surface area contributed by atoms with Crippen LogP contribution in [-0.2, 0) is 75.0 Å². The topological polar surface area (TPSA) is 450 Å². The Balaban J connectivity index is 0.903. The van der Waals surface area contributed by atoms with Crippen molar-refractivity contribution >= 4 is 45.6 Å². The van der Waals surface area contributed by atoms with Crippen molar-refractivity contribution in [1.82, 2.24) is 16.0 Å². The average Bonchev–Trinajstić information content (AvgIpc) is 0.805. The number of carboxylic acid groups (broad SMARTS) is 1. The van der Waals surface area contributed by atoms with Crippen molar-refractivity contribution < 1.29 is 122 Å². The summed E-state index contributed by atoms with van der Waals surface area (Å²) in [7, 11) is 0. The molecule has 5 fully saturated rings. The number of para-hydroxylation sites is 2. The lowest BCUT2D eigenvalue weighted by atomic mass is 9.75. The highest BCUT2D eigenvalue weighted by Gasteiger charge is 2.54. The molecular formula is C63H85N3O27. The molecule has 30 heteroatoms. The summed E-state index contributed by atoms with van der Waals surface area (Å²) in [5.41, 5.74) is -0.674. The van der Waals surface area contributed by atoms with Crippen LogP contribution in [0.2, 0.25) is 0 Å². The summed E-state index contributed by atoms with van der Waals surface area (Å²) in [4.78, 5) is 79.9. The van der Waals surface area contributed by atoms with E-state index < -0.39 is 201 Å². The SMILES string of the molecule is CCC[C@H](OC1C(NC(C)=O)[C@H](O[C@@H]2CC(C(=O)NCCNC(=O)C3CC(OCc4cc5ccccc5oc4=O)C(O)[C@H](O[C@@H]4OC(CO)[C@H](O)C(OCc5cc6ccccc6oc5=O)C4O)C3)CC(CC)C2O[C@@H]2OC(C)[C@@H](O)C(O)C2O)OC(CO)[C@@H]1O)C(=O)O. The lowest BCUT2D eigenvalue weighted by molar-refractivity contribution is -0.338. The second-order valence-electron chi connectivity index (χ2n) is 24.4. The van der Waals surface area contributed by atoms with E-state index in [1.807, 2.05) is 0 Å². The van der Waals surface area contributed by atoms with Crippen LogP contribution in [0.3, 0.4) is 0 Å². The number of hydrogen-bond acceptors (Lipinski definition) is 26. The van der Waals surface area contributed by atoms with Gasteiger partial charge in [-0.2, -0.15) is 0 Å². The molecule has 2 saturated carbocycles. The zero-order valence-electron chi connectivity index (χ0n) is 51.7. The maximum atomic E-state index is 14.4. The fourth-order valence-corrected chi connectivity index (χ4v) is 12.8. The summed E-state index contributed by atoms with van der Waals surface area (Å²) in [5, 5.41) is 119. The molecule has 2 aromatic carbocycles. The Bertz CT molecular complexity index is 3280. The quantitative estimate of drug-likeness (QED) is 0.0250. The fourth-order valence-electron chi connectivity index (χ4n) is 12.8. The van der Waals surface area contributed by atoms with Crippen molar-refractivity contribution in [3.63, 3.8) is 0 Å². The Morgan fingerprint density at radius 2 is 1.12 bits per heavy atom. The predicted octanol–water partition coefficient (Wildman–Crippen LogP) is -1.55. The molecule has 0 radical (unpaired) electrons. The summed E-state index contributed by atoms with van der Waals surface area (Å²) in [5.74, 6) is -5.64. The van der Waals surface area contributed by atoms with Gasteiger partial charge in [-0.1, -0.05) is 63.1 Å². The minimum atomic E-state index is -1.82. The van der Waals surface area contributed by atoms with Crippen LogP contribution in [0, 0.1) is 17.8 Å². The summed E-state index contributed by atoms with van der Waals surface area (Å²) in [6.45, 7) is 3.37. The number of aliphatic hydroxyl groups is 9. The van der Waals surface area contributed by atoms with Crippen molar-refractivity contribution in [2.75, 3.05) is 26.3 Å². The molecule has 3 aliphatic heterocycles. The molecule has 3 amide bonds. The van der Waals surface area contributed by atoms with Crippen LogP contribution in [0.5, 0.6) is 0 Å². The molecule has 5 aliphatic rings. The number of amides is 3. The third kappa shape index (κ3) is 16.8. The molecule has 30 nitrogen and oxygen atoms in total. The molecule has 24 atom stereocenters. The Hall–Kier alpha value is -5.98. The van der Waals surface area contributed by atoms with Gasteiger partial charge in [-0.05, 0) is 69.2 Å². The molecule has 514 valence electrons. The van der Waals surface area contributed by atoms with Crippen LogP contribution in [0.25, 0.3) is 21.9 Å². The highest BCUT2D eigenvalue weighted by molar-refractivity contribution is 5.80. The molecule has 9 rings (SSSR count). The number of carbonyl (C=O) groups excluding carboxylic acids is 3. The van der Waals surface area contributed by atoms with E-state index in [1.165, 1.54) is 13.0 Å². The van der Waals surface area contributed by atoms with Crippen LogP contribution >= 0.6 is 0 Å². The number of aliphatic hydroxyl groups excluding tert-OH is 9. The van der Waals surface area contributed by atoms with Gasteiger partial charge in [-0.25, -0.2) is 14.4 Å². The third-order valence-corrected chi connectivity index (χ3v) is 17.9. The number of hydrogen-bond donors (Lipinski definition) is 13. The molecule has 4 aromatic rings. The second-order valence-corrected chi connectivity index (χ2v) is 24.4. The first-order valence-corrected chi connectivity index (χ1v) is 31.4. The monoisotopic (exact) mass is 1320 g/mol. The van der Waals surface area contributed by atoms with Crippen LogP contribution in [0.15, 0.2) is 79.1 Å². The van der Waals surface area contributed by atoms with Crippen LogP contribution in [0.4, 0.5) is 0 Å². The van der Waals surface area contributed by atoms with E-state index in [0.717, 1.165) is 6.92 Å². The Kier molecular flexibility index (Phi) is 24.7. The number of carboxylic acids is 1. The summed E-state index contributed by atoms with van der Waals surface area (Å²) < 4.78 is 66.0. The van der Waals surface area contributed by atoms with Gasteiger partial charge >= 0.3 is 17.2 Å². The van der Waals surface area contributed by atoms with E-state index in [9.17, 15) is 79.8 Å². The number of ether oxygens (including phenoxy) is 9. The van der Waals surface area contributed by atoms with Crippen LogP contribution in [-0.4, -0.2) is 230 Å². The minimum Gasteiger partial charge on any atom is -0.479 e. The van der Waals surface area contributed by atoms with Gasteiger partial charge in [0.2, 0.25) is 17.7 Å². The van der Waals surface area contributed by atoms with Crippen molar-refractivity contribution in [2.24, 2.45) is 17.8 Å². The van der Waals surface area contributed by atoms with Gasteiger partial charge in [0.15, 0.2) is 25.0 Å². The maximum absolute atomic E-state index is 14.4. The molecular weight excluding hydrogens is 1230 g/mol. The lowest BCUT2D eigenvalue weighted by Crippen LogP contribution is -2.67. The van der Waals surface area contributed by atoms with Crippen LogP contribution in [0.1, 0.15) is 83.8 Å². The van der Waals surface area contributed by atoms with Gasteiger partial charge in [0.1, 0.15) is 84.4 Å². The van der Waals surface area contributed by atoms with Gasteiger partial charge in [-0.3, -0.25) is 14.4 Å². The highest BCUT2D eigenvalue weighted by Crippen LogP contribution is 2.41. The Labute approximate surface area is 532 Å². The molecule has 0 spiro atoms. The maximum Gasteiger partial charge on any atom is 0.341 e. The number of rotatable bonds is 26. The highest BCUT2D eigenvalue weighted by atomic mass is 16.7. The average molecular weight is 1320 g/mol. The standard InChI is InChI=1S/C63H85N3O27/c1-5-11-39(58(79)80)86-54-45(66-29(4)69)61(91-43(24-67)48(54)72)90-42-23-33(18-30(6-2)53(42)93-62-51(75)50(74)46(70)28(3)85-62)56(77)64-16-17-65-57(78)34-21-40(83-26-35-19-31-12-7-9-14-37(31)87-59(35)81)47(71)41(22-34)89-63-52(76)55(49(73)44(25-68)92-63)84-27-36-20-32-13-8-10-15-38(32)88-60(36)82/h7-10,12-15,19-20,28,30,33-34,39-55,61-63,67-68,70-76H,5-6,11,16-18,21-27H2,1-4H3,(H,64,77)(H,65,78)(H,66,69)(H,79,80)/t28?,30?,33?,34?,39-,40?,41+,42+,43?,44?,45?,46+,47?,48-,49-,50?,51?,52?,53?,54?,55?,61+,62-,63+/m0/s1. The smallest absolute Gasteiger partial charge is 0.341 e. The lowest BCUT2D eigenvalue weighted by Gasteiger charge is -2.49. The zero-order valence-corrected chi connectivity index (χ0v) is 51.7. The number of carbonyl (C=O) groups is 4. The van der Waals surface area contributed by atoms with E-state index in [-0.39, 0.29) is 62.9 Å². The number of fused-ring (bicyclic) bond motifs is 2. The van der Waals surface area contributed by atoms with Gasteiger partial charge < -0.3 is 118 Å². The van der Waals surface area contributed by atoms with Gasteiger partial charge in [-0.15, -0.1) is 0 Å². The number of benzene rings is 2. The van der Waals surface area contributed by atoms with Gasteiger partial charge in [0.25, 0.3) is 0 Å². The van der Waals surface area contributed by atoms with E-state index in [2.05, 4.69) is 16.0 Å². The zero-order chi connectivity index (χ0) is 66.9. The van der Waals surface area contributed by atoms with Crippen molar-refractivity contribution in [3.05, 3.63) is 92.6 Å². The van der Waals surface area contributed by atoms with E-state index in [1.54, 1.807) is 68.4 Å². The van der Waals surface area contributed by atoms with Crippen molar-refractivity contribution in [2.45, 2.75) is 215 Å². The molecule has 13 N–H and O–H groups in total. The largest absolute Gasteiger partial charge is 0.479 e. The summed E-state index contributed by atoms with van der Waals surface area (Å²) >= 11 is 0. The molecule has 2 aliphatic carbocycles. The minimum absolute atomic E-state index is 0.00605. The first kappa shape index (κ1) is 71.3. The van der Waals surface area contributed by atoms with E-state index >= 15 is 0 Å². The van der Waals surface area contributed by atoms with Crippen molar-refractivity contribution in [1.29, 1.82) is 0 Å². The normalized spacial score (nSPS) is 35.2. The molecule has 15 unspecified atom stereocenters. The van der Waals surface area contributed by atoms with Crippen molar-refractivity contribution in [3.8, 4) is 0 Å². The van der Waals surface area contributed by atoms with Gasteiger partial charge in [0.05, 0.1) is 68.1 Å². The number of nitrogens with one attached hydrogen (secondary N) is 3. The first-order valence-electron chi connectivity index (χ1n) is 31.4. The fraction of sp³-hybridized carbons (Fsp3) is 0.651. The number of aliphatic carboxylic acids is 1. The Morgan fingerprint density at radius 3 is 1.69 bits per heavy atom. The van der Waals surface area contributed by atoms with Gasteiger partial charge in [0, 0.05) is 42.6 Å². The Morgan fingerprint density at radius 1 is 0.591 bits per heavy atom. The molecule has 2 aromatic heterocycles.